The van der Waals surface area contributed by atoms with Crippen molar-refractivity contribution in [1.82, 2.24) is 29.8 Å². The summed E-state index contributed by atoms with van der Waals surface area (Å²) in [5.74, 6) is 0.771. The van der Waals surface area contributed by atoms with E-state index in [1.807, 2.05) is 36.8 Å². The van der Waals surface area contributed by atoms with E-state index in [9.17, 15) is 4.79 Å². The molecule has 1 aliphatic rings. The Kier molecular flexibility index (Phi) is 4.97. The lowest BCUT2D eigenvalue weighted by molar-refractivity contribution is -0.120. The first-order valence-corrected chi connectivity index (χ1v) is 8.64. The number of carbonyl (C=O) groups excluding carboxylic acids is 1. The molecule has 9 heteroatoms. The molecule has 1 N–H and O–H groups in total. The Morgan fingerprint density at radius 2 is 2.08 bits per heavy atom. The molecule has 1 fully saturated rings. The number of aryl methyl sites for hydroxylation is 3. The molecule has 3 heterocycles. The predicted octanol–water partition coefficient (Wildman–Crippen LogP) is 0.195. The fraction of sp³-hybridized carbons (Fsp3) is 0.529. The highest BCUT2D eigenvalue weighted by atomic mass is 16.2. The van der Waals surface area contributed by atoms with E-state index in [1.54, 1.807) is 22.8 Å². The maximum atomic E-state index is 12.6. The minimum Gasteiger partial charge on any atom is -0.352 e. The molecule has 26 heavy (non-hydrogen) atoms. The molecule has 0 radical (unpaired) electrons. The summed E-state index contributed by atoms with van der Waals surface area (Å²) in [6.45, 7) is 6.30. The number of aliphatic imine (C=N–C) groups is 1. The highest BCUT2D eigenvalue weighted by Crippen LogP contribution is 2.16. The summed E-state index contributed by atoms with van der Waals surface area (Å²) < 4.78 is 3.58. The van der Waals surface area contributed by atoms with E-state index in [-0.39, 0.29) is 5.91 Å². The zero-order chi connectivity index (χ0) is 18.8. The number of nitrogens with zero attached hydrogens (tertiary/aromatic N) is 7. The van der Waals surface area contributed by atoms with Gasteiger partial charge in [-0.15, -0.1) is 0 Å². The molecule has 0 spiro atoms. The van der Waals surface area contributed by atoms with Gasteiger partial charge in [0.15, 0.2) is 5.96 Å². The second-order valence-electron chi connectivity index (χ2n) is 6.51. The first kappa shape index (κ1) is 18.0. The Labute approximate surface area is 153 Å². The molecule has 0 unspecified atom stereocenters. The lowest BCUT2D eigenvalue weighted by Crippen LogP contribution is -2.55. The lowest BCUT2D eigenvalue weighted by atomic mass is 10.2. The van der Waals surface area contributed by atoms with Gasteiger partial charge < -0.3 is 15.1 Å². The number of anilines is 1. The number of hydrogen-bond donors (Lipinski definition) is 1. The van der Waals surface area contributed by atoms with Crippen molar-refractivity contribution < 1.29 is 4.79 Å². The van der Waals surface area contributed by atoms with Gasteiger partial charge in [-0.05, 0) is 13.8 Å². The van der Waals surface area contributed by atoms with Crippen LogP contribution >= 0.6 is 0 Å². The molecule has 140 valence electrons. The van der Waals surface area contributed by atoms with Gasteiger partial charge in [0, 0.05) is 58.2 Å². The summed E-state index contributed by atoms with van der Waals surface area (Å²) in [5, 5.41) is 11.9. The van der Waals surface area contributed by atoms with Gasteiger partial charge in [0.05, 0.1) is 17.6 Å². The van der Waals surface area contributed by atoms with Gasteiger partial charge >= 0.3 is 0 Å². The van der Waals surface area contributed by atoms with Gasteiger partial charge in [0.1, 0.15) is 6.54 Å². The van der Waals surface area contributed by atoms with Crippen LogP contribution in [0.25, 0.3) is 0 Å². The second-order valence-corrected chi connectivity index (χ2v) is 6.51. The first-order chi connectivity index (χ1) is 12.4. The largest absolute Gasteiger partial charge is 0.352 e. The Morgan fingerprint density at radius 1 is 1.31 bits per heavy atom. The summed E-state index contributed by atoms with van der Waals surface area (Å²) in [6, 6.07) is 0. The molecule has 2 aromatic heterocycles. The third-order valence-corrected chi connectivity index (χ3v) is 4.82. The van der Waals surface area contributed by atoms with Gasteiger partial charge in [0.25, 0.3) is 0 Å². The molecule has 9 nitrogen and oxygen atoms in total. The fourth-order valence-corrected chi connectivity index (χ4v) is 3.25. The van der Waals surface area contributed by atoms with Gasteiger partial charge in [-0.2, -0.15) is 10.2 Å². The minimum absolute atomic E-state index is 0.0425. The number of guanidine groups is 1. The summed E-state index contributed by atoms with van der Waals surface area (Å²) in [5.41, 5.74) is 4.13. The Morgan fingerprint density at radius 3 is 2.62 bits per heavy atom. The van der Waals surface area contributed by atoms with Crippen LogP contribution in [-0.2, 0) is 25.4 Å². The van der Waals surface area contributed by atoms with E-state index >= 15 is 0 Å². The zero-order valence-electron chi connectivity index (χ0n) is 16.0. The van der Waals surface area contributed by atoms with E-state index < -0.39 is 0 Å². The lowest BCUT2D eigenvalue weighted by Gasteiger charge is -2.35. The Hall–Kier alpha value is -2.84. The van der Waals surface area contributed by atoms with Crippen LogP contribution in [0.15, 0.2) is 17.4 Å². The molecule has 0 saturated carbocycles. The van der Waals surface area contributed by atoms with Crippen LogP contribution in [0.5, 0.6) is 0 Å². The smallest absolute Gasteiger partial charge is 0.246 e. The van der Waals surface area contributed by atoms with Crippen molar-refractivity contribution >= 4 is 17.6 Å². The molecule has 0 bridgehead atoms. The minimum atomic E-state index is 0.0425. The maximum absolute atomic E-state index is 12.6. The van der Waals surface area contributed by atoms with Crippen LogP contribution in [0.3, 0.4) is 0 Å². The Bertz CT molecular complexity index is 834. The standard InChI is InChI=1S/C17H26N8O/c1-12-15(13(2)23(5)21-12)9-19-17(18-3)24-6-7-25(16(26)11-24)14-8-20-22(4)10-14/h8,10H,6-7,9,11H2,1-5H3,(H,18,19). The first-order valence-electron chi connectivity index (χ1n) is 8.64. The summed E-state index contributed by atoms with van der Waals surface area (Å²) >= 11 is 0. The molecule has 1 amide bonds. The molecular formula is C17H26N8O. The van der Waals surface area contributed by atoms with Crippen LogP contribution in [0.1, 0.15) is 17.0 Å². The Balaban J connectivity index is 1.64. The molecule has 0 atom stereocenters. The van der Waals surface area contributed by atoms with E-state index in [4.69, 9.17) is 0 Å². The molecular weight excluding hydrogens is 332 g/mol. The average Bonchev–Trinajstić information content (AvgIpc) is 3.13. The average molecular weight is 358 g/mol. The quantitative estimate of drug-likeness (QED) is 0.626. The van der Waals surface area contributed by atoms with E-state index in [2.05, 4.69) is 27.4 Å². The van der Waals surface area contributed by atoms with Crippen LogP contribution < -0.4 is 10.2 Å². The summed E-state index contributed by atoms with van der Waals surface area (Å²) in [7, 11) is 5.53. The van der Waals surface area contributed by atoms with Crippen LogP contribution in [0, 0.1) is 13.8 Å². The number of hydrogen-bond acceptors (Lipinski definition) is 4. The van der Waals surface area contributed by atoms with Gasteiger partial charge in [-0.1, -0.05) is 0 Å². The molecule has 1 saturated heterocycles. The van der Waals surface area contributed by atoms with Gasteiger partial charge in [-0.25, -0.2) is 0 Å². The number of carbonyl (C=O) groups is 1. The number of aromatic nitrogens is 4. The second kappa shape index (κ2) is 7.19. The van der Waals surface area contributed by atoms with Crippen molar-refractivity contribution in [2.24, 2.45) is 19.1 Å². The number of piperazine rings is 1. The van der Waals surface area contributed by atoms with E-state index in [0.29, 0.717) is 26.2 Å². The third-order valence-electron chi connectivity index (χ3n) is 4.82. The molecule has 0 aliphatic carbocycles. The van der Waals surface area contributed by atoms with Crippen molar-refractivity contribution in [3.8, 4) is 0 Å². The summed E-state index contributed by atoms with van der Waals surface area (Å²) in [4.78, 5) is 20.7. The SMILES string of the molecule is CN=C(NCc1c(C)nn(C)c1C)N1CCN(c2cnn(C)c2)C(=O)C1. The number of nitrogens with one attached hydrogen (secondary N) is 1. The highest BCUT2D eigenvalue weighted by molar-refractivity contribution is 5.98. The maximum Gasteiger partial charge on any atom is 0.246 e. The topological polar surface area (TPSA) is 83.6 Å². The normalized spacial score (nSPS) is 15.7. The molecule has 0 aromatic carbocycles. The fourth-order valence-electron chi connectivity index (χ4n) is 3.25. The third kappa shape index (κ3) is 3.42. The van der Waals surface area contributed by atoms with E-state index in [0.717, 1.165) is 28.6 Å². The molecule has 3 rings (SSSR count). The van der Waals surface area contributed by atoms with Crippen LogP contribution in [0.2, 0.25) is 0 Å². The molecule has 2 aromatic rings. The zero-order valence-corrected chi connectivity index (χ0v) is 16.0. The van der Waals surface area contributed by atoms with E-state index in [1.165, 1.54) is 0 Å². The van der Waals surface area contributed by atoms with Crippen molar-refractivity contribution in [3.63, 3.8) is 0 Å². The van der Waals surface area contributed by atoms with Gasteiger partial charge in [0.2, 0.25) is 5.91 Å². The van der Waals surface area contributed by atoms with Crippen LogP contribution in [0.4, 0.5) is 5.69 Å². The molecule has 1 aliphatic heterocycles. The van der Waals surface area contributed by atoms with Gasteiger partial charge in [-0.3, -0.25) is 19.2 Å². The predicted molar refractivity (Wildman–Crippen MR) is 100 cm³/mol. The van der Waals surface area contributed by atoms with Crippen molar-refractivity contribution in [3.05, 3.63) is 29.3 Å². The highest BCUT2D eigenvalue weighted by Gasteiger charge is 2.27. The van der Waals surface area contributed by atoms with Crippen molar-refractivity contribution in [1.29, 1.82) is 0 Å². The van der Waals surface area contributed by atoms with Crippen molar-refractivity contribution in [2.75, 3.05) is 31.6 Å². The van der Waals surface area contributed by atoms with Crippen LogP contribution in [-0.4, -0.2) is 63.0 Å². The number of rotatable bonds is 3. The number of amides is 1. The summed E-state index contributed by atoms with van der Waals surface area (Å²) in [6.07, 6.45) is 3.57. The van der Waals surface area contributed by atoms with Crippen molar-refractivity contribution in [2.45, 2.75) is 20.4 Å². The monoisotopic (exact) mass is 358 g/mol.